The van der Waals surface area contributed by atoms with Crippen LogP contribution in [0.5, 0.6) is 0 Å². The van der Waals surface area contributed by atoms with E-state index in [-0.39, 0.29) is 18.0 Å². The van der Waals surface area contributed by atoms with Gasteiger partial charge in [-0.15, -0.1) is 12.4 Å². The summed E-state index contributed by atoms with van der Waals surface area (Å²) in [7, 11) is 0. The van der Waals surface area contributed by atoms with Crippen molar-refractivity contribution in [3.8, 4) is 0 Å². The number of hydrogen-bond donors (Lipinski definition) is 2. The van der Waals surface area contributed by atoms with E-state index in [4.69, 9.17) is 0 Å². The number of nitro groups is 1. The molecular weight excluding hydrogens is 301 g/mol. The molecule has 116 valence electrons. The first-order valence-corrected chi connectivity index (χ1v) is 6.50. The predicted molar refractivity (Wildman–Crippen MR) is 78.2 cm³/mol. The normalized spacial score (nSPS) is 17.1. The number of rotatable bonds is 5. The molecule has 21 heavy (non-hydrogen) atoms. The molecule has 1 aliphatic rings. The highest BCUT2D eigenvalue weighted by molar-refractivity contribution is 5.94. The Hall–Kier alpha value is -1.73. The van der Waals surface area contributed by atoms with Gasteiger partial charge in [0.15, 0.2) is 0 Å². The first-order valence-electron chi connectivity index (χ1n) is 6.50. The lowest BCUT2D eigenvalue weighted by atomic mass is 10.1. The Kier molecular flexibility index (Phi) is 6.51. The van der Waals surface area contributed by atoms with Gasteiger partial charge in [0.2, 0.25) is 0 Å². The lowest BCUT2D eigenvalue weighted by molar-refractivity contribution is -0.385. The van der Waals surface area contributed by atoms with Crippen LogP contribution in [0.3, 0.4) is 0 Å². The molecule has 1 aliphatic heterocycles. The van der Waals surface area contributed by atoms with Crippen LogP contribution < -0.4 is 10.6 Å². The molecule has 1 saturated heterocycles. The van der Waals surface area contributed by atoms with Gasteiger partial charge in [0.25, 0.3) is 11.6 Å². The Balaban J connectivity index is 0.00000220. The third-order valence-corrected chi connectivity index (χ3v) is 3.36. The number of carbonyl (C=O) groups is 1. The molecule has 1 aromatic carbocycles. The highest BCUT2D eigenvalue weighted by atomic mass is 35.5. The Morgan fingerprint density at radius 1 is 1.48 bits per heavy atom. The average molecular weight is 318 g/mol. The fourth-order valence-corrected chi connectivity index (χ4v) is 2.26. The van der Waals surface area contributed by atoms with Gasteiger partial charge in [-0.25, -0.2) is 4.39 Å². The minimum absolute atomic E-state index is 0. The number of nitrogens with zero attached hydrogens (tertiary/aromatic N) is 1. The second-order valence-electron chi connectivity index (χ2n) is 4.86. The lowest BCUT2D eigenvalue weighted by Crippen LogP contribution is -2.26. The summed E-state index contributed by atoms with van der Waals surface area (Å²) in [5.41, 5.74) is -0.448. The molecule has 0 spiro atoms. The van der Waals surface area contributed by atoms with E-state index < -0.39 is 22.3 Å². The Bertz CT molecular complexity index is 521. The topological polar surface area (TPSA) is 84.3 Å². The van der Waals surface area contributed by atoms with E-state index in [1.807, 2.05) is 0 Å². The summed E-state index contributed by atoms with van der Waals surface area (Å²) in [6, 6.07) is 2.87. The lowest BCUT2D eigenvalue weighted by Gasteiger charge is -2.09. The van der Waals surface area contributed by atoms with E-state index in [0.29, 0.717) is 12.5 Å². The van der Waals surface area contributed by atoms with E-state index in [0.717, 1.165) is 44.1 Å². The van der Waals surface area contributed by atoms with Crippen LogP contribution in [0.15, 0.2) is 18.2 Å². The highest BCUT2D eigenvalue weighted by Gasteiger charge is 2.16. The van der Waals surface area contributed by atoms with E-state index in [2.05, 4.69) is 10.6 Å². The summed E-state index contributed by atoms with van der Waals surface area (Å²) >= 11 is 0. The molecule has 2 N–H and O–H groups in total. The number of non-ortho nitro benzene ring substituents is 1. The highest BCUT2D eigenvalue weighted by Crippen LogP contribution is 2.16. The van der Waals surface area contributed by atoms with E-state index in [1.165, 1.54) is 0 Å². The molecule has 0 radical (unpaired) electrons. The first kappa shape index (κ1) is 17.3. The van der Waals surface area contributed by atoms with Crippen molar-refractivity contribution in [1.82, 2.24) is 10.6 Å². The Morgan fingerprint density at radius 3 is 2.86 bits per heavy atom. The van der Waals surface area contributed by atoms with Crippen molar-refractivity contribution in [3.05, 3.63) is 39.7 Å². The summed E-state index contributed by atoms with van der Waals surface area (Å²) in [6.45, 7) is 2.42. The van der Waals surface area contributed by atoms with Crippen LogP contribution in [0.25, 0.3) is 0 Å². The molecule has 0 aliphatic carbocycles. The van der Waals surface area contributed by atoms with Crippen molar-refractivity contribution < 1.29 is 14.1 Å². The van der Waals surface area contributed by atoms with Crippen molar-refractivity contribution in [2.24, 2.45) is 5.92 Å². The van der Waals surface area contributed by atoms with Crippen LogP contribution in [0, 0.1) is 21.8 Å². The summed E-state index contributed by atoms with van der Waals surface area (Å²) in [5, 5.41) is 16.5. The molecule has 0 saturated carbocycles. The third kappa shape index (κ3) is 4.95. The standard InChI is InChI=1S/C13H16FN3O3.ClH/c14-11-5-10(6-12(7-11)17(19)20)13(18)16-4-2-9-1-3-15-8-9;/h5-7,9,15H,1-4,8H2,(H,16,18);1H. The number of halogens is 2. The maximum absolute atomic E-state index is 13.2. The SMILES string of the molecule is Cl.O=C(NCCC1CCNC1)c1cc(F)cc([N+](=O)[O-])c1. The average Bonchev–Trinajstić information content (AvgIpc) is 2.91. The van der Waals surface area contributed by atoms with Crippen molar-refractivity contribution in [1.29, 1.82) is 0 Å². The molecule has 1 unspecified atom stereocenters. The summed E-state index contributed by atoms with van der Waals surface area (Å²) in [6.07, 6.45) is 1.93. The van der Waals surface area contributed by atoms with Crippen LogP contribution in [0.1, 0.15) is 23.2 Å². The second-order valence-corrected chi connectivity index (χ2v) is 4.86. The zero-order valence-corrected chi connectivity index (χ0v) is 12.1. The molecule has 0 aromatic heterocycles. The Morgan fingerprint density at radius 2 is 2.24 bits per heavy atom. The predicted octanol–water partition coefficient (Wildman–Crippen LogP) is 1.89. The van der Waals surface area contributed by atoms with Gasteiger partial charge in [-0.05, 0) is 37.9 Å². The molecule has 2 rings (SSSR count). The van der Waals surface area contributed by atoms with Gasteiger partial charge in [-0.1, -0.05) is 0 Å². The minimum atomic E-state index is -0.788. The maximum Gasteiger partial charge on any atom is 0.273 e. The van der Waals surface area contributed by atoms with Gasteiger partial charge in [-0.2, -0.15) is 0 Å². The van der Waals surface area contributed by atoms with Gasteiger partial charge in [0, 0.05) is 18.2 Å². The zero-order valence-electron chi connectivity index (χ0n) is 11.3. The number of benzene rings is 1. The van der Waals surface area contributed by atoms with Crippen LogP contribution in [-0.2, 0) is 0 Å². The second kappa shape index (κ2) is 7.90. The Labute approximate surface area is 127 Å². The molecular formula is C13H17ClFN3O3. The van der Waals surface area contributed by atoms with Crippen molar-refractivity contribution in [2.45, 2.75) is 12.8 Å². The van der Waals surface area contributed by atoms with Crippen LogP contribution in [0.4, 0.5) is 10.1 Å². The smallest absolute Gasteiger partial charge is 0.273 e. The molecule has 0 bridgehead atoms. The van der Waals surface area contributed by atoms with Crippen LogP contribution in [-0.4, -0.2) is 30.5 Å². The first-order chi connectivity index (χ1) is 9.56. The minimum Gasteiger partial charge on any atom is -0.352 e. The van der Waals surface area contributed by atoms with Gasteiger partial charge >= 0.3 is 0 Å². The number of hydrogen-bond acceptors (Lipinski definition) is 4. The summed E-state index contributed by atoms with van der Waals surface area (Å²) in [4.78, 5) is 21.7. The quantitative estimate of drug-likeness (QED) is 0.641. The van der Waals surface area contributed by atoms with Gasteiger partial charge in [-0.3, -0.25) is 14.9 Å². The van der Waals surface area contributed by atoms with E-state index in [1.54, 1.807) is 0 Å². The fourth-order valence-electron chi connectivity index (χ4n) is 2.26. The third-order valence-electron chi connectivity index (χ3n) is 3.36. The molecule has 1 aromatic rings. The molecule has 1 amide bonds. The van der Waals surface area contributed by atoms with Crippen molar-refractivity contribution >= 4 is 24.0 Å². The van der Waals surface area contributed by atoms with Gasteiger partial charge in [0.1, 0.15) is 5.82 Å². The van der Waals surface area contributed by atoms with E-state index in [9.17, 15) is 19.3 Å². The van der Waals surface area contributed by atoms with Crippen LogP contribution in [0.2, 0.25) is 0 Å². The number of nitrogens with one attached hydrogen (secondary N) is 2. The largest absolute Gasteiger partial charge is 0.352 e. The fraction of sp³-hybridized carbons (Fsp3) is 0.462. The molecule has 1 atom stereocenters. The van der Waals surface area contributed by atoms with E-state index >= 15 is 0 Å². The van der Waals surface area contributed by atoms with Crippen LogP contribution >= 0.6 is 12.4 Å². The molecule has 1 heterocycles. The number of amides is 1. The number of carbonyl (C=O) groups excluding carboxylic acids is 1. The van der Waals surface area contributed by atoms with Crippen molar-refractivity contribution in [2.75, 3.05) is 19.6 Å². The summed E-state index contributed by atoms with van der Waals surface area (Å²) < 4.78 is 13.2. The molecule has 8 heteroatoms. The molecule has 1 fully saturated rings. The maximum atomic E-state index is 13.2. The summed E-state index contributed by atoms with van der Waals surface area (Å²) in [5.74, 6) is -0.736. The van der Waals surface area contributed by atoms with Gasteiger partial charge < -0.3 is 10.6 Å². The van der Waals surface area contributed by atoms with Crippen molar-refractivity contribution in [3.63, 3.8) is 0 Å². The molecule has 6 nitrogen and oxygen atoms in total. The number of nitro benzene ring substituents is 1. The zero-order chi connectivity index (χ0) is 14.5. The van der Waals surface area contributed by atoms with Gasteiger partial charge in [0.05, 0.1) is 11.0 Å². The monoisotopic (exact) mass is 317 g/mol.